The highest BCUT2D eigenvalue weighted by Gasteiger charge is 2.33. The normalized spacial score (nSPS) is 12.4. The van der Waals surface area contributed by atoms with Crippen LogP contribution >= 0.6 is 0 Å². The monoisotopic (exact) mass is 454 g/mol. The Morgan fingerprint density at radius 2 is 0.765 bits per heavy atom. The summed E-state index contributed by atoms with van der Waals surface area (Å²) in [6.45, 7) is 0. The molecule has 4 rings (SSSR count). The summed E-state index contributed by atoms with van der Waals surface area (Å²) in [5.41, 5.74) is 3.83. The van der Waals surface area contributed by atoms with Crippen LogP contribution in [0.2, 0.25) is 0 Å². The summed E-state index contributed by atoms with van der Waals surface area (Å²) >= 11 is 0. The second-order valence-electron chi connectivity index (χ2n) is 7.51. The molecular formula is C28H22O6. The fourth-order valence-corrected chi connectivity index (χ4v) is 3.30. The largest absolute Gasteiger partial charge is 0.425 e. The molecule has 2 N–H and O–H groups in total. The highest BCUT2D eigenvalue weighted by Crippen LogP contribution is 2.24. The Hall–Kier alpha value is -4.26. The number of carbonyl (C=O) groups is 2. The molecule has 0 radical (unpaired) electrons. The highest BCUT2D eigenvalue weighted by molar-refractivity contribution is 5.87. The maximum atomic E-state index is 12.2. The van der Waals surface area contributed by atoms with E-state index < -0.39 is 24.1 Å². The van der Waals surface area contributed by atoms with Gasteiger partial charge in [0.2, 0.25) is 0 Å². The van der Waals surface area contributed by atoms with Crippen molar-refractivity contribution in [3.05, 3.63) is 109 Å². The van der Waals surface area contributed by atoms with Crippen molar-refractivity contribution in [3.63, 3.8) is 0 Å². The summed E-state index contributed by atoms with van der Waals surface area (Å²) < 4.78 is 10.2. The molecule has 4 aromatic carbocycles. The molecule has 0 unspecified atom stereocenters. The van der Waals surface area contributed by atoms with Crippen LogP contribution < -0.4 is 9.47 Å². The van der Waals surface area contributed by atoms with Crippen molar-refractivity contribution in [2.45, 2.75) is 12.2 Å². The predicted molar refractivity (Wildman–Crippen MR) is 127 cm³/mol. The van der Waals surface area contributed by atoms with Gasteiger partial charge in [-0.2, -0.15) is 0 Å². The van der Waals surface area contributed by atoms with Gasteiger partial charge in [-0.25, -0.2) is 9.59 Å². The van der Waals surface area contributed by atoms with Crippen molar-refractivity contribution in [1.29, 1.82) is 0 Å². The van der Waals surface area contributed by atoms with E-state index in [0.717, 1.165) is 22.3 Å². The number of ether oxygens (including phenoxy) is 2. The summed E-state index contributed by atoms with van der Waals surface area (Å²) in [6.07, 6.45) is -4.21. The van der Waals surface area contributed by atoms with Gasteiger partial charge in [-0.15, -0.1) is 0 Å². The molecule has 0 bridgehead atoms. The topological polar surface area (TPSA) is 93.1 Å². The first-order valence-electron chi connectivity index (χ1n) is 10.6. The number of esters is 2. The standard InChI is InChI=1S/C28H22O6/c29-25(27(31)33-23-15-11-21(12-16-23)19-7-3-1-4-8-19)26(30)28(32)34-24-17-13-22(14-18-24)20-9-5-2-6-10-20/h1-18,25-26,29-30H/t25-,26-/m1/s1. The van der Waals surface area contributed by atoms with Gasteiger partial charge < -0.3 is 19.7 Å². The minimum Gasteiger partial charge on any atom is -0.425 e. The maximum absolute atomic E-state index is 12.2. The second-order valence-corrected chi connectivity index (χ2v) is 7.51. The number of rotatable bonds is 7. The molecule has 6 nitrogen and oxygen atoms in total. The van der Waals surface area contributed by atoms with Crippen LogP contribution in [0.4, 0.5) is 0 Å². The average Bonchev–Trinajstić information content (AvgIpc) is 2.89. The number of hydrogen-bond donors (Lipinski definition) is 2. The van der Waals surface area contributed by atoms with Gasteiger partial charge in [-0.05, 0) is 46.5 Å². The molecule has 0 aliphatic carbocycles. The smallest absolute Gasteiger partial charge is 0.343 e. The lowest BCUT2D eigenvalue weighted by Gasteiger charge is -2.16. The Labute approximate surface area is 196 Å². The van der Waals surface area contributed by atoms with Crippen LogP contribution in [0.1, 0.15) is 0 Å². The van der Waals surface area contributed by atoms with E-state index in [1.807, 2.05) is 60.7 Å². The fourth-order valence-electron chi connectivity index (χ4n) is 3.30. The third-order valence-electron chi connectivity index (χ3n) is 5.14. The lowest BCUT2D eigenvalue weighted by atomic mass is 10.1. The first-order chi connectivity index (χ1) is 16.5. The Kier molecular flexibility index (Phi) is 7.13. The molecule has 4 aromatic rings. The molecule has 170 valence electrons. The summed E-state index contributed by atoms with van der Waals surface area (Å²) in [5, 5.41) is 20.2. The molecule has 0 aliphatic heterocycles. The first kappa shape index (κ1) is 22.9. The molecule has 0 aliphatic rings. The van der Waals surface area contributed by atoms with Crippen LogP contribution in [-0.4, -0.2) is 34.4 Å². The van der Waals surface area contributed by atoms with Gasteiger partial charge in [0.1, 0.15) is 11.5 Å². The van der Waals surface area contributed by atoms with E-state index in [1.165, 1.54) is 0 Å². The summed E-state index contributed by atoms with van der Waals surface area (Å²) in [7, 11) is 0. The van der Waals surface area contributed by atoms with Crippen LogP contribution in [0.15, 0.2) is 109 Å². The predicted octanol–water partition coefficient (Wildman–Crippen LogP) is 4.25. The minimum absolute atomic E-state index is 0.167. The summed E-state index contributed by atoms with van der Waals surface area (Å²) in [4.78, 5) is 24.5. The van der Waals surface area contributed by atoms with E-state index in [4.69, 9.17) is 9.47 Å². The maximum Gasteiger partial charge on any atom is 0.343 e. The van der Waals surface area contributed by atoms with Gasteiger partial charge in [0.15, 0.2) is 12.2 Å². The quantitative estimate of drug-likeness (QED) is 0.320. The van der Waals surface area contributed by atoms with E-state index in [1.54, 1.807) is 48.5 Å². The molecular weight excluding hydrogens is 432 g/mol. The molecule has 0 amide bonds. The van der Waals surface area contributed by atoms with Gasteiger partial charge in [0, 0.05) is 0 Å². The van der Waals surface area contributed by atoms with E-state index in [9.17, 15) is 19.8 Å². The third kappa shape index (κ3) is 5.56. The Morgan fingerprint density at radius 3 is 1.09 bits per heavy atom. The van der Waals surface area contributed by atoms with Crippen molar-refractivity contribution in [3.8, 4) is 33.8 Å². The number of carbonyl (C=O) groups excluding carboxylic acids is 2. The molecule has 34 heavy (non-hydrogen) atoms. The van der Waals surface area contributed by atoms with Crippen LogP contribution in [0.5, 0.6) is 11.5 Å². The Bertz CT molecular complexity index is 1130. The number of benzene rings is 4. The zero-order valence-corrected chi connectivity index (χ0v) is 18.1. The van der Waals surface area contributed by atoms with Crippen LogP contribution in [0.25, 0.3) is 22.3 Å². The molecule has 0 aromatic heterocycles. The fraction of sp³-hybridized carbons (Fsp3) is 0.0714. The van der Waals surface area contributed by atoms with Crippen molar-refractivity contribution in [1.82, 2.24) is 0 Å². The van der Waals surface area contributed by atoms with Gasteiger partial charge in [0.05, 0.1) is 0 Å². The Morgan fingerprint density at radius 1 is 0.471 bits per heavy atom. The third-order valence-corrected chi connectivity index (χ3v) is 5.14. The van der Waals surface area contributed by atoms with Crippen LogP contribution in [0, 0.1) is 0 Å². The number of aliphatic hydroxyl groups is 2. The van der Waals surface area contributed by atoms with E-state index in [-0.39, 0.29) is 11.5 Å². The zero-order valence-electron chi connectivity index (χ0n) is 18.1. The summed E-state index contributed by atoms with van der Waals surface area (Å²) in [5.74, 6) is -2.01. The van der Waals surface area contributed by atoms with Gasteiger partial charge in [-0.1, -0.05) is 84.9 Å². The van der Waals surface area contributed by atoms with Gasteiger partial charge >= 0.3 is 11.9 Å². The Balaban J connectivity index is 1.33. The van der Waals surface area contributed by atoms with E-state index in [0.29, 0.717) is 0 Å². The molecule has 0 heterocycles. The molecule has 2 atom stereocenters. The van der Waals surface area contributed by atoms with E-state index in [2.05, 4.69) is 0 Å². The second kappa shape index (κ2) is 10.6. The van der Waals surface area contributed by atoms with E-state index >= 15 is 0 Å². The minimum atomic E-state index is -2.11. The zero-order chi connectivity index (χ0) is 23.9. The van der Waals surface area contributed by atoms with Crippen molar-refractivity contribution in [2.24, 2.45) is 0 Å². The van der Waals surface area contributed by atoms with Gasteiger partial charge in [-0.3, -0.25) is 0 Å². The molecule has 0 spiro atoms. The SMILES string of the molecule is O=C(Oc1ccc(-c2ccccc2)cc1)[C@H](O)[C@@H](O)C(=O)Oc1ccc(-c2ccccc2)cc1. The van der Waals surface area contributed by atoms with Crippen LogP contribution in [-0.2, 0) is 9.59 Å². The number of hydrogen-bond acceptors (Lipinski definition) is 6. The van der Waals surface area contributed by atoms with Crippen molar-refractivity contribution < 1.29 is 29.3 Å². The van der Waals surface area contributed by atoms with Gasteiger partial charge in [0.25, 0.3) is 0 Å². The molecule has 0 saturated carbocycles. The van der Waals surface area contributed by atoms with Crippen molar-refractivity contribution >= 4 is 11.9 Å². The van der Waals surface area contributed by atoms with Crippen molar-refractivity contribution in [2.75, 3.05) is 0 Å². The molecule has 6 heteroatoms. The summed E-state index contributed by atoms with van der Waals surface area (Å²) in [6, 6.07) is 32.5. The molecule has 0 fully saturated rings. The lowest BCUT2D eigenvalue weighted by Crippen LogP contribution is -2.43. The molecule has 0 saturated heterocycles. The number of aliphatic hydroxyl groups excluding tert-OH is 2. The lowest BCUT2D eigenvalue weighted by molar-refractivity contribution is -0.162. The first-order valence-corrected chi connectivity index (χ1v) is 10.6. The van der Waals surface area contributed by atoms with Crippen LogP contribution in [0.3, 0.4) is 0 Å². The average molecular weight is 454 g/mol. The highest BCUT2D eigenvalue weighted by atomic mass is 16.6.